The lowest BCUT2D eigenvalue weighted by molar-refractivity contribution is -0.118. The van der Waals surface area contributed by atoms with Crippen LogP contribution < -0.4 is 10.9 Å². The minimum Gasteiger partial charge on any atom is -0.351 e. The predicted molar refractivity (Wildman–Crippen MR) is 115 cm³/mol. The molecule has 0 bridgehead atoms. The molecular formula is C22H25N3O2S. The number of nitrogens with one attached hydrogen (secondary N) is 1. The summed E-state index contributed by atoms with van der Waals surface area (Å²) in [7, 11) is 0. The summed E-state index contributed by atoms with van der Waals surface area (Å²) in [6.07, 6.45) is 1.88. The van der Waals surface area contributed by atoms with Gasteiger partial charge in [-0.05, 0) is 31.0 Å². The first-order chi connectivity index (χ1) is 13.6. The number of aromatic nitrogens is 2. The van der Waals surface area contributed by atoms with Crippen LogP contribution in [0.1, 0.15) is 30.9 Å². The number of carbonyl (C=O) groups is 1. The van der Waals surface area contributed by atoms with E-state index in [0.717, 1.165) is 18.4 Å². The molecule has 0 aliphatic heterocycles. The van der Waals surface area contributed by atoms with Gasteiger partial charge in [-0.2, -0.15) is 0 Å². The van der Waals surface area contributed by atoms with Crippen LogP contribution in [0, 0.1) is 6.92 Å². The van der Waals surface area contributed by atoms with Gasteiger partial charge in [0.1, 0.15) is 0 Å². The van der Waals surface area contributed by atoms with Crippen LogP contribution in [0.15, 0.2) is 58.5 Å². The molecule has 0 atom stereocenters. The van der Waals surface area contributed by atoms with Crippen molar-refractivity contribution in [2.24, 2.45) is 0 Å². The lowest BCUT2D eigenvalue weighted by Gasteiger charge is -2.13. The fourth-order valence-electron chi connectivity index (χ4n) is 2.86. The van der Waals surface area contributed by atoms with Crippen LogP contribution in [0.5, 0.6) is 0 Å². The summed E-state index contributed by atoms with van der Waals surface area (Å²) in [4.78, 5) is 29.8. The molecule has 1 heterocycles. The molecule has 0 aliphatic rings. The van der Waals surface area contributed by atoms with E-state index in [0.29, 0.717) is 29.1 Å². The molecule has 1 aromatic heterocycles. The van der Waals surface area contributed by atoms with E-state index >= 15 is 0 Å². The maximum atomic E-state index is 12.8. The molecule has 0 saturated carbocycles. The van der Waals surface area contributed by atoms with Gasteiger partial charge in [-0.1, -0.05) is 67.1 Å². The van der Waals surface area contributed by atoms with Crippen molar-refractivity contribution in [2.75, 3.05) is 5.75 Å². The Morgan fingerprint density at radius 1 is 1.14 bits per heavy atom. The number of amides is 1. The number of hydrogen-bond donors (Lipinski definition) is 1. The Morgan fingerprint density at radius 2 is 1.89 bits per heavy atom. The van der Waals surface area contributed by atoms with Crippen LogP contribution in [-0.4, -0.2) is 21.2 Å². The van der Waals surface area contributed by atoms with Gasteiger partial charge in [-0.3, -0.25) is 14.2 Å². The third kappa shape index (κ3) is 5.01. The first-order valence-corrected chi connectivity index (χ1v) is 10.5. The van der Waals surface area contributed by atoms with E-state index in [1.54, 1.807) is 10.6 Å². The van der Waals surface area contributed by atoms with Crippen LogP contribution in [0.3, 0.4) is 0 Å². The summed E-state index contributed by atoms with van der Waals surface area (Å²) >= 11 is 1.31. The zero-order chi connectivity index (χ0) is 19.9. The minimum atomic E-state index is -0.0741. The normalized spacial score (nSPS) is 10.9. The van der Waals surface area contributed by atoms with E-state index in [-0.39, 0.29) is 17.2 Å². The Hall–Kier alpha value is -2.60. The standard InChI is InChI=1S/C22H25N3O2S/c1-3-4-13-25-21(27)18-7-5-6-8-19(18)24-22(25)28-15-20(26)23-14-17-11-9-16(2)10-12-17/h5-12H,3-4,13-15H2,1-2H3,(H,23,26). The van der Waals surface area contributed by atoms with Gasteiger partial charge in [0.15, 0.2) is 5.16 Å². The van der Waals surface area contributed by atoms with Crippen LogP contribution in [0.2, 0.25) is 0 Å². The summed E-state index contributed by atoms with van der Waals surface area (Å²) in [5.74, 6) is 0.151. The number of rotatable bonds is 8. The molecule has 2 aromatic carbocycles. The number of carbonyl (C=O) groups excluding carboxylic acids is 1. The van der Waals surface area contributed by atoms with Crippen molar-refractivity contribution in [1.29, 1.82) is 0 Å². The Kier molecular flexibility index (Phi) is 6.87. The van der Waals surface area contributed by atoms with Crippen LogP contribution in [0.25, 0.3) is 10.9 Å². The van der Waals surface area contributed by atoms with Crippen molar-refractivity contribution in [2.45, 2.75) is 44.9 Å². The smallest absolute Gasteiger partial charge is 0.262 e. The molecule has 1 N–H and O–H groups in total. The molecule has 0 saturated heterocycles. The van der Waals surface area contributed by atoms with Gasteiger partial charge in [0.2, 0.25) is 5.91 Å². The Morgan fingerprint density at radius 3 is 2.64 bits per heavy atom. The quantitative estimate of drug-likeness (QED) is 0.464. The monoisotopic (exact) mass is 395 g/mol. The molecule has 1 amide bonds. The predicted octanol–water partition coefficient (Wildman–Crippen LogP) is 3.91. The van der Waals surface area contributed by atoms with E-state index in [9.17, 15) is 9.59 Å². The minimum absolute atomic E-state index is 0.0402. The van der Waals surface area contributed by atoms with Crippen LogP contribution in [-0.2, 0) is 17.9 Å². The summed E-state index contributed by atoms with van der Waals surface area (Å²) in [5.41, 5.74) is 2.88. The SMILES string of the molecule is CCCCn1c(SCC(=O)NCc2ccc(C)cc2)nc2ccccc2c1=O. The van der Waals surface area contributed by atoms with E-state index in [2.05, 4.69) is 17.2 Å². The molecule has 0 spiro atoms. The zero-order valence-corrected chi connectivity index (χ0v) is 17.1. The maximum Gasteiger partial charge on any atom is 0.262 e. The van der Waals surface area contributed by atoms with E-state index < -0.39 is 0 Å². The Balaban J connectivity index is 1.70. The second kappa shape index (κ2) is 9.55. The van der Waals surface area contributed by atoms with Gasteiger partial charge in [0.05, 0.1) is 16.7 Å². The van der Waals surface area contributed by atoms with Crippen molar-refractivity contribution in [3.05, 3.63) is 70.0 Å². The summed E-state index contributed by atoms with van der Waals surface area (Å²) < 4.78 is 1.70. The highest BCUT2D eigenvalue weighted by molar-refractivity contribution is 7.99. The molecular weight excluding hydrogens is 370 g/mol. The highest BCUT2D eigenvalue weighted by Crippen LogP contribution is 2.18. The molecule has 28 heavy (non-hydrogen) atoms. The van der Waals surface area contributed by atoms with Crippen molar-refractivity contribution in [3.63, 3.8) is 0 Å². The van der Waals surface area contributed by atoms with Crippen molar-refractivity contribution in [3.8, 4) is 0 Å². The number of thioether (sulfide) groups is 1. The van der Waals surface area contributed by atoms with Gasteiger partial charge < -0.3 is 5.32 Å². The molecule has 0 aliphatic carbocycles. The second-order valence-electron chi connectivity index (χ2n) is 6.77. The first-order valence-electron chi connectivity index (χ1n) is 9.53. The third-order valence-electron chi connectivity index (χ3n) is 4.50. The first kappa shape index (κ1) is 20.1. The molecule has 3 rings (SSSR count). The highest BCUT2D eigenvalue weighted by Gasteiger charge is 2.13. The topological polar surface area (TPSA) is 64.0 Å². The molecule has 5 nitrogen and oxygen atoms in total. The van der Waals surface area contributed by atoms with E-state index in [1.165, 1.54) is 17.3 Å². The molecule has 6 heteroatoms. The molecule has 0 fully saturated rings. The number of para-hydroxylation sites is 1. The van der Waals surface area contributed by atoms with E-state index in [1.807, 2.05) is 49.4 Å². The highest BCUT2D eigenvalue weighted by atomic mass is 32.2. The third-order valence-corrected chi connectivity index (χ3v) is 5.48. The number of unbranched alkanes of at least 4 members (excludes halogenated alkanes) is 1. The van der Waals surface area contributed by atoms with Gasteiger partial charge >= 0.3 is 0 Å². The van der Waals surface area contributed by atoms with Crippen molar-refractivity contribution < 1.29 is 4.79 Å². The zero-order valence-electron chi connectivity index (χ0n) is 16.3. The van der Waals surface area contributed by atoms with Crippen molar-refractivity contribution >= 4 is 28.6 Å². The molecule has 146 valence electrons. The number of fused-ring (bicyclic) bond motifs is 1. The van der Waals surface area contributed by atoms with Crippen LogP contribution >= 0.6 is 11.8 Å². The van der Waals surface area contributed by atoms with E-state index in [4.69, 9.17) is 0 Å². The Bertz CT molecular complexity index is 1010. The van der Waals surface area contributed by atoms with Crippen LogP contribution in [0.4, 0.5) is 0 Å². The average Bonchev–Trinajstić information content (AvgIpc) is 2.71. The number of nitrogens with zero attached hydrogens (tertiary/aromatic N) is 2. The van der Waals surface area contributed by atoms with Gasteiger partial charge in [0.25, 0.3) is 5.56 Å². The number of benzene rings is 2. The largest absolute Gasteiger partial charge is 0.351 e. The van der Waals surface area contributed by atoms with Gasteiger partial charge in [0, 0.05) is 13.1 Å². The lowest BCUT2D eigenvalue weighted by atomic mass is 10.1. The Labute approximate surface area is 169 Å². The van der Waals surface area contributed by atoms with Gasteiger partial charge in [-0.15, -0.1) is 0 Å². The molecule has 0 unspecified atom stereocenters. The summed E-state index contributed by atoms with van der Waals surface area (Å²) in [5, 5.41) is 4.15. The summed E-state index contributed by atoms with van der Waals surface area (Å²) in [6.45, 7) is 5.23. The number of aryl methyl sites for hydroxylation is 1. The van der Waals surface area contributed by atoms with Gasteiger partial charge in [-0.25, -0.2) is 4.98 Å². The number of hydrogen-bond acceptors (Lipinski definition) is 4. The molecule has 0 radical (unpaired) electrons. The van der Waals surface area contributed by atoms with Crippen molar-refractivity contribution in [1.82, 2.24) is 14.9 Å². The maximum absolute atomic E-state index is 12.8. The average molecular weight is 396 g/mol. The second-order valence-corrected chi connectivity index (χ2v) is 7.72. The molecule has 3 aromatic rings. The summed E-state index contributed by atoms with van der Waals surface area (Å²) in [6, 6.07) is 15.4. The fraction of sp³-hybridized carbons (Fsp3) is 0.318. The fourth-order valence-corrected chi connectivity index (χ4v) is 3.71. The lowest BCUT2D eigenvalue weighted by Crippen LogP contribution is -2.27.